The van der Waals surface area contributed by atoms with Gasteiger partial charge in [0, 0.05) is 6.04 Å². The number of anilines is 1. The Kier molecular flexibility index (Phi) is 4.56. The molecule has 2 rings (SSSR count). The molecule has 0 aromatic heterocycles. The van der Waals surface area contributed by atoms with Gasteiger partial charge in [-0.05, 0) is 30.9 Å². The number of benzene rings is 1. The van der Waals surface area contributed by atoms with Gasteiger partial charge in [-0.2, -0.15) is 0 Å². The minimum absolute atomic E-state index is 0.130. The summed E-state index contributed by atoms with van der Waals surface area (Å²) in [6, 6.07) is 1.85. The van der Waals surface area contributed by atoms with E-state index in [2.05, 4.69) is 4.72 Å². The van der Waals surface area contributed by atoms with Gasteiger partial charge in [0.25, 0.3) is 0 Å². The molecule has 4 nitrogen and oxygen atoms in total. The minimum Gasteiger partial charge on any atom is -0.396 e. The monoisotopic (exact) mass is 320 g/mol. The summed E-state index contributed by atoms with van der Waals surface area (Å²) >= 11 is 5.82. The van der Waals surface area contributed by atoms with Crippen molar-refractivity contribution < 1.29 is 12.8 Å². The summed E-state index contributed by atoms with van der Waals surface area (Å²) in [7, 11) is -3.79. The summed E-state index contributed by atoms with van der Waals surface area (Å²) in [5.41, 5.74) is 5.18. The Balaban J connectivity index is 2.22. The van der Waals surface area contributed by atoms with Crippen molar-refractivity contribution in [3.63, 3.8) is 0 Å². The van der Waals surface area contributed by atoms with E-state index in [0.29, 0.717) is 12.3 Å². The van der Waals surface area contributed by atoms with Gasteiger partial charge < -0.3 is 5.73 Å². The SMILES string of the molecule is CCC(CC1CC1)NS(=O)(=O)c1cc(N)c(F)cc1Cl. The molecule has 0 aliphatic heterocycles. The zero-order chi connectivity index (χ0) is 14.9. The second-order valence-corrected chi connectivity index (χ2v) is 7.30. The van der Waals surface area contributed by atoms with Crippen LogP contribution in [0.4, 0.5) is 10.1 Å². The molecule has 1 aromatic rings. The molecule has 1 aliphatic rings. The van der Waals surface area contributed by atoms with Gasteiger partial charge in [-0.25, -0.2) is 17.5 Å². The van der Waals surface area contributed by atoms with Gasteiger partial charge in [0.05, 0.1) is 10.7 Å². The van der Waals surface area contributed by atoms with Crippen molar-refractivity contribution in [3.8, 4) is 0 Å². The van der Waals surface area contributed by atoms with Crippen molar-refractivity contribution >= 4 is 27.3 Å². The Bertz CT molecular complexity index is 603. The normalized spacial score (nSPS) is 17.1. The lowest BCUT2D eigenvalue weighted by atomic mass is 10.1. The van der Waals surface area contributed by atoms with Crippen LogP contribution in [-0.4, -0.2) is 14.5 Å². The van der Waals surface area contributed by atoms with Gasteiger partial charge in [-0.15, -0.1) is 0 Å². The number of nitrogen functional groups attached to an aromatic ring is 1. The molecule has 112 valence electrons. The fraction of sp³-hybridized carbons (Fsp3) is 0.538. The van der Waals surface area contributed by atoms with Crippen LogP contribution in [0.25, 0.3) is 0 Å². The Morgan fingerprint density at radius 1 is 1.50 bits per heavy atom. The highest BCUT2D eigenvalue weighted by Crippen LogP contribution is 2.34. The average molecular weight is 321 g/mol. The van der Waals surface area contributed by atoms with Gasteiger partial charge in [0.2, 0.25) is 10.0 Å². The second kappa shape index (κ2) is 5.87. The first-order valence-corrected chi connectivity index (χ1v) is 8.46. The van der Waals surface area contributed by atoms with Crippen molar-refractivity contribution in [2.24, 2.45) is 5.92 Å². The number of rotatable bonds is 6. The molecule has 7 heteroatoms. The molecule has 3 N–H and O–H groups in total. The van der Waals surface area contributed by atoms with E-state index in [1.807, 2.05) is 6.92 Å². The van der Waals surface area contributed by atoms with Crippen molar-refractivity contribution in [1.29, 1.82) is 0 Å². The number of nitrogens with two attached hydrogens (primary N) is 1. The maximum atomic E-state index is 13.2. The third-order valence-electron chi connectivity index (χ3n) is 3.47. The molecule has 0 saturated heterocycles. The summed E-state index contributed by atoms with van der Waals surface area (Å²) in [5.74, 6) is -0.115. The van der Waals surface area contributed by atoms with Gasteiger partial charge in [0.15, 0.2) is 0 Å². The molecular formula is C13H18ClFN2O2S. The third kappa shape index (κ3) is 3.62. The number of hydrogen-bond acceptors (Lipinski definition) is 3. The van der Waals surface area contributed by atoms with Crippen molar-refractivity contribution in [1.82, 2.24) is 4.72 Å². The highest BCUT2D eigenvalue weighted by molar-refractivity contribution is 7.89. The van der Waals surface area contributed by atoms with Crippen LogP contribution in [0.1, 0.15) is 32.6 Å². The first-order valence-electron chi connectivity index (χ1n) is 6.60. The zero-order valence-corrected chi connectivity index (χ0v) is 12.8. The van der Waals surface area contributed by atoms with Crippen molar-refractivity contribution in [2.75, 3.05) is 5.73 Å². The first-order chi connectivity index (χ1) is 9.33. The predicted molar refractivity (Wildman–Crippen MR) is 77.6 cm³/mol. The Labute approximate surface area is 123 Å². The molecule has 1 unspecified atom stereocenters. The zero-order valence-electron chi connectivity index (χ0n) is 11.2. The Morgan fingerprint density at radius 2 is 2.15 bits per heavy atom. The summed E-state index contributed by atoms with van der Waals surface area (Å²) in [6.07, 6.45) is 3.83. The van der Waals surface area contributed by atoms with E-state index in [-0.39, 0.29) is 21.6 Å². The maximum Gasteiger partial charge on any atom is 0.242 e. The molecule has 0 radical (unpaired) electrons. The third-order valence-corrected chi connectivity index (χ3v) is 5.46. The predicted octanol–water partition coefficient (Wildman–Crippen LogP) is 2.92. The molecule has 1 fully saturated rings. The lowest BCUT2D eigenvalue weighted by Gasteiger charge is -2.17. The highest BCUT2D eigenvalue weighted by atomic mass is 35.5. The fourth-order valence-electron chi connectivity index (χ4n) is 2.09. The standard InChI is InChI=1S/C13H18ClFN2O2S/c1-2-9(5-8-3-4-8)17-20(18,19)13-7-12(16)11(15)6-10(13)14/h6-9,17H,2-5,16H2,1H3. The quantitative estimate of drug-likeness (QED) is 0.792. The van der Waals surface area contributed by atoms with Crippen LogP contribution >= 0.6 is 11.6 Å². The van der Waals surface area contributed by atoms with E-state index >= 15 is 0 Å². The number of halogens is 2. The van der Waals surface area contributed by atoms with Crippen LogP contribution in [0, 0.1) is 11.7 Å². The Morgan fingerprint density at radius 3 is 2.70 bits per heavy atom. The van der Waals surface area contributed by atoms with Crippen LogP contribution < -0.4 is 10.5 Å². The molecule has 1 aromatic carbocycles. The van der Waals surface area contributed by atoms with E-state index in [4.69, 9.17) is 17.3 Å². The summed E-state index contributed by atoms with van der Waals surface area (Å²) in [6.45, 7) is 1.93. The van der Waals surface area contributed by atoms with Crippen LogP contribution in [0.5, 0.6) is 0 Å². The number of nitrogens with one attached hydrogen (secondary N) is 1. The second-order valence-electron chi connectivity index (χ2n) is 5.21. The summed E-state index contributed by atoms with van der Waals surface area (Å²) < 4.78 is 40.5. The molecule has 20 heavy (non-hydrogen) atoms. The Hall–Kier alpha value is -0.850. The average Bonchev–Trinajstić information content (AvgIpc) is 3.16. The molecule has 0 heterocycles. The minimum atomic E-state index is -3.79. The number of sulfonamides is 1. The fourth-order valence-corrected chi connectivity index (χ4v) is 3.97. The molecule has 1 atom stereocenters. The van der Waals surface area contributed by atoms with Crippen molar-refractivity contribution in [3.05, 3.63) is 23.0 Å². The lowest BCUT2D eigenvalue weighted by molar-refractivity contribution is 0.495. The van der Waals surface area contributed by atoms with Crippen LogP contribution in [-0.2, 0) is 10.0 Å². The summed E-state index contributed by atoms with van der Waals surface area (Å²) in [4.78, 5) is -0.174. The molecule has 0 amide bonds. The van der Waals surface area contributed by atoms with E-state index in [0.717, 1.165) is 31.4 Å². The van der Waals surface area contributed by atoms with E-state index in [1.54, 1.807) is 0 Å². The van der Waals surface area contributed by atoms with Gasteiger partial charge in [0.1, 0.15) is 10.7 Å². The topological polar surface area (TPSA) is 72.2 Å². The van der Waals surface area contributed by atoms with Crippen LogP contribution in [0.15, 0.2) is 17.0 Å². The van der Waals surface area contributed by atoms with E-state index < -0.39 is 15.8 Å². The molecule has 1 saturated carbocycles. The van der Waals surface area contributed by atoms with Crippen LogP contribution in [0.2, 0.25) is 5.02 Å². The van der Waals surface area contributed by atoms with Gasteiger partial charge >= 0.3 is 0 Å². The number of hydrogen-bond donors (Lipinski definition) is 2. The van der Waals surface area contributed by atoms with Crippen LogP contribution in [0.3, 0.4) is 0 Å². The maximum absolute atomic E-state index is 13.2. The lowest BCUT2D eigenvalue weighted by Crippen LogP contribution is -2.35. The molecule has 0 bridgehead atoms. The largest absolute Gasteiger partial charge is 0.396 e. The summed E-state index contributed by atoms with van der Waals surface area (Å²) in [5, 5.41) is -0.162. The van der Waals surface area contributed by atoms with Crippen molar-refractivity contribution in [2.45, 2.75) is 43.5 Å². The van der Waals surface area contributed by atoms with E-state index in [9.17, 15) is 12.8 Å². The van der Waals surface area contributed by atoms with Gasteiger partial charge in [-0.1, -0.05) is 31.4 Å². The molecular weight excluding hydrogens is 303 g/mol. The smallest absolute Gasteiger partial charge is 0.242 e. The highest BCUT2D eigenvalue weighted by Gasteiger charge is 2.28. The molecule has 1 aliphatic carbocycles. The van der Waals surface area contributed by atoms with Gasteiger partial charge in [-0.3, -0.25) is 0 Å². The van der Waals surface area contributed by atoms with E-state index in [1.165, 1.54) is 0 Å². The first kappa shape index (κ1) is 15.5. The molecule has 0 spiro atoms.